The van der Waals surface area contributed by atoms with E-state index in [4.69, 9.17) is 10.0 Å². The molecule has 4 heteroatoms. The smallest absolute Gasteiger partial charge is 0.423 e. The first-order valence-corrected chi connectivity index (χ1v) is 3.16. The van der Waals surface area contributed by atoms with Crippen molar-refractivity contribution >= 4 is 18.9 Å². The Hall–Kier alpha value is -1.13. The second-order valence-corrected chi connectivity index (χ2v) is 2.12. The fourth-order valence-corrected chi connectivity index (χ4v) is 0.853. The van der Waals surface area contributed by atoms with Crippen LogP contribution < -0.4 is 5.46 Å². The maximum Gasteiger partial charge on any atom is 0.489 e. The number of hydrogen-bond acceptors (Lipinski definition) is 3. The second kappa shape index (κ2) is 3.32. The van der Waals surface area contributed by atoms with Gasteiger partial charge in [0.15, 0.2) is 0 Å². The van der Waals surface area contributed by atoms with E-state index in [9.17, 15) is 4.79 Å². The maximum atomic E-state index is 10.3. The molecule has 0 saturated carbocycles. The van der Waals surface area contributed by atoms with Crippen LogP contribution in [0.4, 0.5) is 0 Å². The van der Waals surface area contributed by atoms with Crippen LogP contribution in [0.1, 0.15) is 10.4 Å². The Morgan fingerprint density at radius 2 is 1.91 bits per heavy atom. The van der Waals surface area contributed by atoms with E-state index < -0.39 is 7.12 Å². The molecule has 0 amide bonds. The van der Waals surface area contributed by atoms with Crippen molar-refractivity contribution in [2.75, 3.05) is 0 Å². The van der Waals surface area contributed by atoms with E-state index in [0.29, 0.717) is 11.8 Å². The molecule has 1 rings (SSSR count). The highest BCUT2D eigenvalue weighted by Crippen LogP contribution is 1.92. The quantitative estimate of drug-likeness (QED) is 0.426. The Balaban J connectivity index is 3.12. The molecule has 1 aromatic rings. The number of aldehydes is 1. The lowest BCUT2D eigenvalue weighted by molar-refractivity contribution is 0.112. The molecule has 0 aromatic heterocycles. The lowest BCUT2D eigenvalue weighted by atomic mass is 9.26. The van der Waals surface area contributed by atoms with Gasteiger partial charge in [-0.15, -0.1) is 0 Å². The molecule has 0 aliphatic carbocycles. The standard InChI is InChI=1S/C7H7BO3/c9-5-6-3-1-2-4-7(6)8(10)11/h1-5,10-11H/i8-1. The molecule has 0 spiro atoms. The molecule has 11 heavy (non-hydrogen) atoms. The van der Waals surface area contributed by atoms with Crippen molar-refractivity contribution in [1.29, 1.82) is 0 Å². The van der Waals surface area contributed by atoms with Crippen LogP contribution in [0, 0.1) is 0 Å². The molecular formula is C7H7BO3. The fraction of sp³-hybridized carbons (Fsp3) is 0. The average Bonchev–Trinajstić information content (AvgIpc) is 2.04. The van der Waals surface area contributed by atoms with Crippen molar-refractivity contribution in [3.8, 4) is 0 Å². The predicted octanol–water partition coefficient (Wildman–Crippen LogP) is -0.821. The number of carbonyl (C=O) groups is 1. The average molecular weight is 149 g/mol. The number of benzene rings is 1. The van der Waals surface area contributed by atoms with Gasteiger partial charge in [0, 0.05) is 5.56 Å². The fourth-order valence-electron chi connectivity index (χ4n) is 0.853. The number of rotatable bonds is 2. The van der Waals surface area contributed by atoms with Crippen molar-refractivity contribution in [2.24, 2.45) is 0 Å². The van der Waals surface area contributed by atoms with Gasteiger partial charge in [0.25, 0.3) is 0 Å². The zero-order chi connectivity index (χ0) is 8.27. The minimum atomic E-state index is -1.57. The Kier molecular flexibility index (Phi) is 2.41. The summed E-state index contributed by atoms with van der Waals surface area (Å²) >= 11 is 0. The largest absolute Gasteiger partial charge is 0.489 e. The third kappa shape index (κ3) is 1.66. The highest BCUT2D eigenvalue weighted by Gasteiger charge is 2.13. The first-order valence-electron chi connectivity index (χ1n) is 3.16. The van der Waals surface area contributed by atoms with Crippen molar-refractivity contribution in [3.05, 3.63) is 29.8 Å². The summed E-state index contributed by atoms with van der Waals surface area (Å²) in [7, 11) is -1.57. The van der Waals surface area contributed by atoms with E-state index in [1.165, 1.54) is 12.1 Å². The summed E-state index contributed by atoms with van der Waals surface area (Å²) in [4.78, 5) is 10.3. The van der Waals surface area contributed by atoms with E-state index in [0.717, 1.165) is 0 Å². The molecule has 0 atom stereocenters. The van der Waals surface area contributed by atoms with Gasteiger partial charge in [-0.3, -0.25) is 4.79 Å². The zero-order valence-electron chi connectivity index (χ0n) is 5.77. The molecule has 0 aliphatic heterocycles. The summed E-state index contributed by atoms with van der Waals surface area (Å²) < 4.78 is 0. The molecule has 0 radical (unpaired) electrons. The summed E-state index contributed by atoms with van der Waals surface area (Å²) in [6, 6.07) is 6.33. The Morgan fingerprint density at radius 1 is 1.27 bits per heavy atom. The first-order chi connectivity index (χ1) is 5.25. The molecule has 2 N–H and O–H groups in total. The van der Waals surface area contributed by atoms with Gasteiger partial charge in [0.2, 0.25) is 0 Å². The molecule has 3 nitrogen and oxygen atoms in total. The summed E-state index contributed by atoms with van der Waals surface area (Å²) in [5, 5.41) is 17.5. The van der Waals surface area contributed by atoms with Crippen LogP contribution in [-0.2, 0) is 0 Å². The number of hydrogen-bond donors (Lipinski definition) is 2. The minimum absolute atomic E-state index is 0.238. The van der Waals surface area contributed by atoms with Gasteiger partial charge in [-0.2, -0.15) is 0 Å². The molecule has 0 aliphatic rings. The summed E-state index contributed by atoms with van der Waals surface area (Å²) in [5.74, 6) is 0. The molecule has 0 unspecified atom stereocenters. The Bertz CT molecular complexity index is 260. The monoisotopic (exact) mass is 149 g/mol. The van der Waals surface area contributed by atoms with Gasteiger partial charge in [0.05, 0.1) is 0 Å². The molecular weight excluding hydrogens is 142 g/mol. The van der Waals surface area contributed by atoms with Gasteiger partial charge < -0.3 is 10.0 Å². The van der Waals surface area contributed by atoms with Gasteiger partial charge in [-0.1, -0.05) is 24.3 Å². The SMILES string of the molecule is O=Cc1ccccc1[10B](O)O. The highest BCUT2D eigenvalue weighted by atomic mass is 16.3. The number of carbonyl (C=O) groups excluding carboxylic acids is 1. The Morgan fingerprint density at radius 3 is 2.36 bits per heavy atom. The van der Waals surface area contributed by atoms with Crippen LogP contribution in [0.15, 0.2) is 24.3 Å². The van der Waals surface area contributed by atoms with Gasteiger partial charge >= 0.3 is 7.12 Å². The van der Waals surface area contributed by atoms with Crippen LogP contribution in [0.25, 0.3) is 0 Å². The zero-order valence-corrected chi connectivity index (χ0v) is 5.77. The summed E-state index contributed by atoms with van der Waals surface area (Å²) in [5.41, 5.74) is 0.546. The molecule has 56 valence electrons. The third-order valence-corrected chi connectivity index (χ3v) is 1.40. The van der Waals surface area contributed by atoms with E-state index in [-0.39, 0.29) is 5.46 Å². The van der Waals surface area contributed by atoms with Crippen molar-refractivity contribution in [2.45, 2.75) is 0 Å². The van der Waals surface area contributed by atoms with Crippen LogP contribution in [-0.4, -0.2) is 23.5 Å². The minimum Gasteiger partial charge on any atom is -0.423 e. The van der Waals surface area contributed by atoms with Crippen molar-refractivity contribution in [1.82, 2.24) is 0 Å². The maximum absolute atomic E-state index is 10.3. The van der Waals surface area contributed by atoms with E-state index >= 15 is 0 Å². The molecule has 1 aromatic carbocycles. The Labute approximate surface area is 64.4 Å². The normalized spacial score (nSPS) is 9.27. The van der Waals surface area contributed by atoms with E-state index in [2.05, 4.69) is 0 Å². The first kappa shape index (κ1) is 7.98. The third-order valence-electron chi connectivity index (χ3n) is 1.40. The van der Waals surface area contributed by atoms with E-state index in [1.807, 2.05) is 0 Å². The van der Waals surface area contributed by atoms with Crippen LogP contribution in [0.5, 0.6) is 0 Å². The molecule has 0 heterocycles. The molecule has 0 saturated heterocycles. The van der Waals surface area contributed by atoms with Crippen LogP contribution in [0.2, 0.25) is 0 Å². The molecule has 0 fully saturated rings. The van der Waals surface area contributed by atoms with Gasteiger partial charge in [-0.05, 0) is 5.46 Å². The lowest BCUT2D eigenvalue weighted by Gasteiger charge is -2.00. The van der Waals surface area contributed by atoms with Gasteiger partial charge in [-0.25, -0.2) is 0 Å². The summed E-state index contributed by atoms with van der Waals surface area (Å²) in [6.45, 7) is 0. The second-order valence-electron chi connectivity index (χ2n) is 2.12. The van der Waals surface area contributed by atoms with Crippen molar-refractivity contribution in [3.63, 3.8) is 0 Å². The van der Waals surface area contributed by atoms with Crippen LogP contribution in [0.3, 0.4) is 0 Å². The topological polar surface area (TPSA) is 57.5 Å². The predicted molar refractivity (Wildman–Crippen MR) is 41.7 cm³/mol. The van der Waals surface area contributed by atoms with Gasteiger partial charge in [0.1, 0.15) is 6.29 Å². The molecule has 0 bridgehead atoms. The highest BCUT2D eigenvalue weighted by molar-refractivity contribution is 6.60. The summed E-state index contributed by atoms with van der Waals surface area (Å²) in [6.07, 6.45) is 0.592. The van der Waals surface area contributed by atoms with Crippen LogP contribution >= 0.6 is 0 Å². The van der Waals surface area contributed by atoms with Crippen molar-refractivity contribution < 1.29 is 14.8 Å². The van der Waals surface area contributed by atoms with E-state index in [1.54, 1.807) is 12.1 Å². The lowest BCUT2D eigenvalue weighted by Crippen LogP contribution is -2.32.